The van der Waals surface area contributed by atoms with Gasteiger partial charge in [-0.15, -0.1) is 0 Å². The molecule has 7 nitrogen and oxygen atoms in total. The van der Waals surface area contributed by atoms with Gasteiger partial charge in [-0.1, -0.05) is 6.07 Å². The van der Waals surface area contributed by atoms with Crippen molar-refractivity contribution in [2.75, 3.05) is 6.54 Å². The third-order valence-electron chi connectivity index (χ3n) is 3.65. The lowest BCUT2D eigenvalue weighted by Gasteiger charge is -2.22. The summed E-state index contributed by atoms with van der Waals surface area (Å²) in [5, 5.41) is 27.3. The summed E-state index contributed by atoms with van der Waals surface area (Å²) < 4.78 is 0. The predicted molar refractivity (Wildman–Crippen MR) is 72.8 cm³/mol. The number of likely N-dealkylation sites (tertiary alicyclic amines) is 1. The summed E-state index contributed by atoms with van der Waals surface area (Å²) in [6, 6.07) is 3.79. The van der Waals surface area contributed by atoms with Crippen molar-refractivity contribution in [3.8, 4) is 11.5 Å². The Bertz CT molecular complexity index is 546. The zero-order valence-corrected chi connectivity index (χ0v) is 11.5. The first kappa shape index (κ1) is 15.1. The molecule has 1 aliphatic heterocycles. The molecule has 1 fully saturated rings. The molecule has 1 heterocycles. The highest BCUT2D eigenvalue weighted by molar-refractivity contribution is 5.87. The summed E-state index contributed by atoms with van der Waals surface area (Å²) >= 11 is 0. The molecule has 114 valence electrons. The van der Waals surface area contributed by atoms with Crippen molar-refractivity contribution >= 4 is 11.8 Å². The SMILES string of the molecule is O=C(NO)C1CCCN1C(=O)CCc1ccc(O)c(O)c1. The first-order valence-electron chi connectivity index (χ1n) is 6.77. The fourth-order valence-electron chi connectivity index (χ4n) is 2.53. The lowest BCUT2D eigenvalue weighted by molar-refractivity contribution is -0.142. The van der Waals surface area contributed by atoms with E-state index < -0.39 is 11.9 Å². The number of carbonyl (C=O) groups excluding carboxylic acids is 2. The minimum Gasteiger partial charge on any atom is -0.504 e. The Kier molecular flexibility index (Phi) is 4.64. The van der Waals surface area contributed by atoms with Crippen molar-refractivity contribution in [3.63, 3.8) is 0 Å². The maximum Gasteiger partial charge on any atom is 0.266 e. The number of rotatable bonds is 4. The van der Waals surface area contributed by atoms with Crippen LogP contribution in [-0.2, 0) is 16.0 Å². The van der Waals surface area contributed by atoms with E-state index in [2.05, 4.69) is 0 Å². The van der Waals surface area contributed by atoms with Crippen molar-refractivity contribution in [2.45, 2.75) is 31.7 Å². The third kappa shape index (κ3) is 3.43. The number of nitrogens with zero attached hydrogens (tertiary/aromatic N) is 1. The van der Waals surface area contributed by atoms with E-state index >= 15 is 0 Å². The van der Waals surface area contributed by atoms with E-state index in [0.29, 0.717) is 19.4 Å². The molecule has 4 N–H and O–H groups in total. The molecule has 0 bridgehead atoms. The average molecular weight is 294 g/mol. The number of phenolic OH excluding ortho intramolecular Hbond substituents is 2. The van der Waals surface area contributed by atoms with Gasteiger partial charge in [0.05, 0.1) is 0 Å². The molecule has 2 rings (SSSR count). The first-order valence-corrected chi connectivity index (χ1v) is 6.77. The smallest absolute Gasteiger partial charge is 0.266 e. The fraction of sp³-hybridized carbons (Fsp3) is 0.429. The Morgan fingerprint density at radius 1 is 1.29 bits per heavy atom. The molecule has 7 heteroatoms. The number of hydrogen-bond donors (Lipinski definition) is 4. The summed E-state index contributed by atoms with van der Waals surface area (Å²) in [6.45, 7) is 0.498. The van der Waals surface area contributed by atoms with Crippen LogP contribution >= 0.6 is 0 Å². The molecule has 0 spiro atoms. The van der Waals surface area contributed by atoms with Crippen LogP contribution in [0.2, 0.25) is 0 Å². The number of amides is 2. The van der Waals surface area contributed by atoms with Crippen LogP contribution in [0.3, 0.4) is 0 Å². The van der Waals surface area contributed by atoms with Gasteiger partial charge in [-0.2, -0.15) is 0 Å². The Labute approximate surface area is 121 Å². The van der Waals surface area contributed by atoms with Gasteiger partial charge < -0.3 is 15.1 Å². The number of nitrogens with one attached hydrogen (secondary N) is 1. The highest BCUT2D eigenvalue weighted by Crippen LogP contribution is 2.26. The molecule has 21 heavy (non-hydrogen) atoms. The molecule has 1 aromatic carbocycles. The van der Waals surface area contributed by atoms with Gasteiger partial charge in [0.15, 0.2) is 11.5 Å². The number of aromatic hydroxyl groups is 2. The maximum absolute atomic E-state index is 12.2. The van der Waals surface area contributed by atoms with Crippen molar-refractivity contribution in [1.82, 2.24) is 10.4 Å². The van der Waals surface area contributed by atoms with Gasteiger partial charge >= 0.3 is 0 Å². The van der Waals surface area contributed by atoms with Gasteiger partial charge in [-0.3, -0.25) is 14.8 Å². The molecule has 1 atom stereocenters. The van der Waals surface area contributed by atoms with Crippen LogP contribution in [-0.4, -0.2) is 44.7 Å². The van der Waals surface area contributed by atoms with E-state index in [4.69, 9.17) is 5.21 Å². The molecule has 1 aromatic rings. The third-order valence-corrected chi connectivity index (χ3v) is 3.65. The number of phenols is 2. The van der Waals surface area contributed by atoms with E-state index in [0.717, 1.165) is 12.0 Å². The highest BCUT2D eigenvalue weighted by Gasteiger charge is 2.33. The van der Waals surface area contributed by atoms with E-state index in [1.807, 2.05) is 0 Å². The largest absolute Gasteiger partial charge is 0.504 e. The Hall–Kier alpha value is -2.28. The van der Waals surface area contributed by atoms with Crippen molar-refractivity contribution in [1.29, 1.82) is 0 Å². The van der Waals surface area contributed by atoms with Gasteiger partial charge in [-0.25, -0.2) is 5.48 Å². The Morgan fingerprint density at radius 2 is 2.05 bits per heavy atom. The number of hydrogen-bond acceptors (Lipinski definition) is 5. The summed E-state index contributed by atoms with van der Waals surface area (Å²) in [5.74, 6) is -1.17. The molecule has 0 aliphatic carbocycles. The number of carbonyl (C=O) groups is 2. The molecule has 0 saturated carbocycles. The fourth-order valence-corrected chi connectivity index (χ4v) is 2.53. The van der Waals surface area contributed by atoms with Gasteiger partial charge in [0.25, 0.3) is 5.91 Å². The molecule has 2 amide bonds. The molecular weight excluding hydrogens is 276 g/mol. The van der Waals surface area contributed by atoms with Gasteiger partial charge in [-0.05, 0) is 37.0 Å². The van der Waals surface area contributed by atoms with Crippen LogP contribution in [0.5, 0.6) is 11.5 Å². The second-order valence-corrected chi connectivity index (χ2v) is 5.04. The topological polar surface area (TPSA) is 110 Å². The van der Waals surface area contributed by atoms with Crippen LogP contribution in [0.25, 0.3) is 0 Å². The lowest BCUT2D eigenvalue weighted by atomic mass is 10.1. The summed E-state index contributed by atoms with van der Waals surface area (Å²) in [4.78, 5) is 25.1. The van der Waals surface area contributed by atoms with Gasteiger partial charge in [0.2, 0.25) is 5.91 Å². The van der Waals surface area contributed by atoms with E-state index in [1.54, 1.807) is 11.5 Å². The minimum absolute atomic E-state index is 0.173. The Balaban J connectivity index is 1.94. The molecule has 1 saturated heterocycles. The van der Waals surface area contributed by atoms with Crippen LogP contribution in [0, 0.1) is 0 Å². The van der Waals surface area contributed by atoms with Crippen LogP contribution in [0.15, 0.2) is 18.2 Å². The summed E-state index contributed by atoms with van der Waals surface area (Å²) in [7, 11) is 0. The first-order chi connectivity index (χ1) is 10.0. The normalized spacial score (nSPS) is 17.8. The zero-order valence-electron chi connectivity index (χ0n) is 11.5. The average Bonchev–Trinajstić information content (AvgIpc) is 2.97. The van der Waals surface area contributed by atoms with Crippen LogP contribution in [0.4, 0.5) is 0 Å². The summed E-state index contributed by atoms with van der Waals surface area (Å²) in [6.07, 6.45) is 1.86. The van der Waals surface area contributed by atoms with Crippen molar-refractivity contribution < 1.29 is 25.0 Å². The summed E-state index contributed by atoms with van der Waals surface area (Å²) in [5.41, 5.74) is 2.31. The zero-order chi connectivity index (χ0) is 15.4. The van der Waals surface area contributed by atoms with Gasteiger partial charge in [0, 0.05) is 13.0 Å². The minimum atomic E-state index is -0.615. The van der Waals surface area contributed by atoms with Crippen LogP contribution in [0.1, 0.15) is 24.8 Å². The lowest BCUT2D eigenvalue weighted by Crippen LogP contribution is -2.45. The quantitative estimate of drug-likeness (QED) is 0.368. The molecule has 0 radical (unpaired) electrons. The number of aryl methyl sites for hydroxylation is 1. The van der Waals surface area contributed by atoms with Crippen LogP contribution < -0.4 is 5.48 Å². The monoisotopic (exact) mass is 294 g/mol. The number of benzene rings is 1. The number of hydroxylamine groups is 1. The predicted octanol–water partition coefficient (Wildman–Crippen LogP) is 0.527. The molecule has 1 aliphatic rings. The maximum atomic E-state index is 12.2. The molecule has 1 unspecified atom stereocenters. The standard InChI is InChI=1S/C14H18N2O5/c17-11-5-3-9(8-12(11)18)4-6-13(19)16-7-1-2-10(16)14(20)15-21/h3,5,8,10,17-18,21H,1-2,4,6-7H2,(H,15,20). The Morgan fingerprint density at radius 3 is 2.71 bits per heavy atom. The second kappa shape index (κ2) is 6.45. The van der Waals surface area contributed by atoms with E-state index in [-0.39, 0.29) is 23.8 Å². The van der Waals surface area contributed by atoms with Gasteiger partial charge in [0.1, 0.15) is 6.04 Å². The second-order valence-electron chi connectivity index (χ2n) is 5.04. The van der Waals surface area contributed by atoms with Crippen molar-refractivity contribution in [2.24, 2.45) is 0 Å². The highest BCUT2D eigenvalue weighted by atomic mass is 16.5. The molecular formula is C14H18N2O5. The van der Waals surface area contributed by atoms with E-state index in [9.17, 15) is 19.8 Å². The van der Waals surface area contributed by atoms with Crippen molar-refractivity contribution in [3.05, 3.63) is 23.8 Å². The molecule has 0 aromatic heterocycles. The van der Waals surface area contributed by atoms with E-state index in [1.165, 1.54) is 17.0 Å².